The summed E-state index contributed by atoms with van der Waals surface area (Å²) in [6, 6.07) is 12.4. The Kier molecular flexibility index (Phi) is 7.89. The van der Waals surface area contributed by atoms with Gasteiger partial charge in [0.2, 0.25) is 0 Å². The van der Waals surface area contributed by atoms with Crippen LogP contribution in [0.2, 0.25) is 0 Å². The van der Waals surface area contributed by atoms with Crippen molar-refractivity contribution in [2.45, 2.75) is 30.2 Å². The standard InChI is InChI=1S/C24H25N3O5S/c1-15-7-8-18(12-16(15)2)33-24-19(6-5-10-26-24)23(28)25-11-9-17-13-21(31-3)22(32-4)14-20(17)27(29)30/h5-8,10,12-14H,9,11H2,1-4H3,(H,25,28). The third kappa shape index (κ3) is 5.81. The highest BCUT2D eigenvalue weighted by atomic mass is 32.2. The number of aryl methyl sites for hydroxylation is 2. The molecule has 1 amide bonds. The molecule has 0 aliphatic rings. The SMILES string of the molecule is COc1cc(CCNC(=O)c2cccnc2Sc2ccc(C)c(C)c2)c([N+](=O)[O-])cc1OC. The number of nitro groups is 1. The number of carbonyl (C=O) groups is 1. The number of hydrogen-bond acceptors (Lipinski definition) is 7. The largest absolute Gasteiger partial charge is 0.493 e. The van der Waals surface area contributed by atoms with Gasteiger partial charge in [-0.3, -0.25) is 14.9 Å². The molecule has 0 atom stereocenters. The molecule has 172 valence electrons. The average molecular weight is 468 g/mol. The summed E-state index contributed by atoms with van der Waals surface area (Å²) in [4.78, 5) is 29.2. The van der Waals surface area contributed by atoms with Gasteiger partial charge in [-0.1, -0.05) is 17.8 Å². The van der Waals surface area contributed by atoms with Crippen LogP contribution >= 0.6 is 11.8 Å². The molecule has 9 heteroatoms. The van der Waals surface area contributed by atoms with Gasteiger partial charge in [0, 0.05) is 23.2 Å². The van der Waals surface area contributed by atoms with E-state index in [1.807, 2.05) is 26.0 Å². The Morgan fingerprint density at radius 3 is 2.48 bits per heavy atom. The smallest absolute Gasteiger partial charge is 0.276 e. The van der Waals surface area contributed by atoms with Crippen LogP contribution < -0.4 is 14.8 Å². The summed E-state index contributed by atoms with van der Waals surface area (Å²) >= 11 is 1.42. The summed E-state index contributed by atoms with van der Waals surface area (Å²) in [6.45, 7) is 4.29. The number of rotatable bonds is 9. The summed E-state index contributed by atoms with van der Waals surface area (Å²) in [7, 11) is 2.88. The molecule has 0 saturated carbocycles. The van der Waals surface area contributed by atoms with Gasteiger partial charge in [-0.25, -0.2) is 4.98 Å². The first kappa shape index (κ1) is 24.1. The maximum atomic E-state index is 12.9. The van der Waals surface area contributed by atoms with Crippen LogP contribution in [0.3, 0.4) is 0 Å². The van der Waals surface area contributed by atoms with Crippen LogP contribution in [0.15, 0.2) is 58.6 Å². The van der Waals surface area contributed by atoms with E-state index in [4.69, 9.17) is 9.47 Å². The normalized spacial score (nSPS) is 10.5. The minimum absolute atomic E-state index is 0.0886. The number of nitrogens with one attached hydrogen (secondary N) is 1. The van der Waals surface area contributed by atoms with Gasteiger partial charge in [0.05, 0.1) is 30.8 Å². The quantitative estimate of drug-likeness (QED) is 0.358. The zero-order chi connectivity index (χ0) is 24.0. The van der Waals surface area contributed by atoms with Gasteiger partial charge in [-0.15, -0.1) is 0 Å². The van der Waals surface area contributed by atoms with Crippen LogP contribution in [0, 0.1) is 24.0 Å². The molecule has 0 spiro atoms. The third-order valence-electron chi connectivity index (χ3n) is 5.17. The average Bonchev–Trinajstić information content (AvgIpc) is 2.81. The van der Waals surface area contributed by atoms with Crippen LogP contribution in [-0.2, 0) is 6.42 Å². The van der Waals surface area contributed by atoms with Gasteiger partial charge in [-0.2, -0.15) is 0 Å². The second kappa shape index (κ2) is 10.8. The highest BCUT2D eigenvalue weighted by Gasteiger charge is 2.20. The fraction of sp³-hybridized carbons (Fsp3) is 0.250. The van der Waals surface area contributed by atoms with E-state index in [-0.39, 0.29) is 30.3 Å². The molecule has 1 N–H and O–H groups in total. The predicted molar refractivity (Wildman–Crippen MR) is 127 cm³/mol. The van der Waals surface area contributed by atoms with Crippen molar-refractivity contribution in [1.82, 2.24) is 10.3 Å². The lowest BCUT2D eigenvalue weighted by Crippen LogP contribution is -2.26. The molecule has 0 unspecified atom stereocenters. The van der Waals surface area contributed by atoms with Crippen LogP contribution in [0.5, 0.6) is 11.5 Å². The van der Waals surface area contributed by atoms with Crippen LogP contribution in [-0.4, -0.2) is 36.6 Å². The fourth-order valence-electron chi connectivity index (χ4n) is 3.22. The van der Waals surface area contributed by atoms with Crippen molar-refractivity contribution >= 4 is 23.4 Å². The van der Waals surface area contributed by atoms with Gasteiger partial charge in [0.15, 0.2) is 11.5 Å². The number of benzene rings is 2. The number of aromatic nitrogens is 1. The summed E-state index contributed by atoms with van der Waals surface area (Å²) in [6.07, 6.45) is 1.90. The maximum Gasteiger partial charge on any atom is 0.276 e. The molecule has 0 saturated heterocycles. The minimum atomic E-state index is -0.474. The number of nitro benzene ring substituents is 1. The Morgan fingerprint density at radius 2 is 1.82 bits per heavy atom. The van der Waals surface area contributed by atoms with Crippen molar-refractivity contribution in [3.05, 3.63) is 81.0 Å². The Hall–Kier alpha value is -3.59. The summed E-state index contributed by atoms with van der Waals surface area (Å²) in [5.74, 6) is 0.377. The van der Waals surface area contributed by atoms with Gasteiger partial charge < -0.3 is 14.8 Å². The molecule has 3 rings (SSSR count). The number of carbonyl (C=O) groups excluding carboxylic acids is 1. The summed E-state index contributed by atoms with van der Waals surface area (Å²) < 4.78 is 10.4. The van der Waals surface area contributed by atoms with Crippen molar-refractivity contribution in [3.8, 4) is 11.5 Å². The summed E-state index contributed by atoms with van der Waals surface area (Å²) in [5.41, 5.74) is 3.16. The van der Waals surface area contributed by atoms with E-state index in [0.29, 0.717) is 21.9 Å². The lowest BCUT2D eigenvalue weighted by Gasteiger charge is -2.12. The molecule has 33 heavy (non-hydrogen) atoms. The van der Waals surface area contributed by atoms with E-state index in [1.165, 1.54) is 43.2 Å². The first-order chi connectivity index (χ1) is 15.8. The molecule has 0 fully saturated rings. The van der Waals surface area contributed by atoms with E-state index in [2.05, 4.69) is 16.4 Å². The van der Waals surface area contributed by atoms with Crippen molar-refractivity contribution in [3.63, 3.8) is 0 Å². The predicted octanol–water partition coefficient (Wildman–Crippen LogP) is 4.75. The van der Waals surface area contributed by atoms with Crippen molar-refractivity contribution in [2.75, 3.05) is 20.8 Å². The molecular weight excluding hydrogens is 442 g/mol. The van der Waals surface area contributed by atoms with Crippen LogP contribution in [0.4, 0.5) is 5.69 Å². The molecular formula is C24H25N3O5S. The lowest BCUT2D eigenvalue weighted by molar-refractivity contribution is -0.385. The Balaban J connectivity index is 1.73. The monoisotopic (exact) mass is 467 g/mol. The number of methoxy groups -OCH3 is 2. The topological polar surface area (TPSA) is 104 Å². The number of hydrogen-bond donors (Lipinski definition) is 1. The fourth-order valence-corrected chi connectivity index (χ4v) is 4.20. The molecule has 0 aliphatic carbocycles. The zero-order valence-electron chi connectivity index (χ0n) is 18.9. The van der Waals surface area contributed by atoms with Crippen molar-refractivity contribution in [1.29, 1.82) is 0 Å². The first-order valence-electron chi connectivity index (χ1n) is 10.2. The molecule has 0 bridgehead atoms. The van der Waals surface area contributed by atoms with Crippen molar-refractivity contribution in [2.24, 2.45) is 0 Å². The number of nitrogens with zero attached hydrogens (tertiary/aromatic N) is 2. The highest BCUT2D eigenvalue weighted by Crippen LogP contribution is 2.34. The third-order valence-corrected chi connectivity index (χ3v) is 6.18. The van der Waals surface area contributed by atoms with E-state index >= 15 is 0 Å². The number of pyridine rings is 1. The van der Waals surface area contributed by atoms with E-state index in [0.717, 1.165) is 4.90 Å². The Bertz CT molecular complexity index is 1180. The van der Waals surface area contributed by atoms with Crippen molar-refractivity contribution < 1.29 is 19.2 Å². The van der Waals surface area contributed by atoms with E-state index in [1.54, 1.807) is 24.4 Å². The molecule has 3 aromatic rings. The molecule has 1 heterocycles. The highest BCUT2D eigenvalue weighted by molar-refractivity contribution is 7.99. The molecule has 0 aliphatic heterocycles. The maximum absolute atomic E-state index is 12.9. The van der Waals surface area contributed by atoms with Crippen LogP contribution in [0.1, 0.15) is 27.0 Å². The Morgan fingerprint density at radius 1 is 1.09 bits per heavy atom. The minimum Gasteiger partial charge on any atom is -0.493 e. The summed E-state index contributed by atoms with van der Waals surface area (Å²) in [5, 5.41) is 14.9. The second-order valence-corrected chi connectivity index (χ2v) is 8.37. The number of ether oxygens (including phenoxy) is 2. The van der Waals surface area contributed by atoms with Crippen LogP contribution in [0.25, 0.3) is 0 Å². The second-order valence-electron chi connectivity index (χ2n) is 7.30. The van der Waals surface area contributed by atoms with Gasteiger partial charge >= 0.3 is 0 Å². The molecule has 1 aromatic heterocycles. The van der Waals surface area contributed by atoms with E-state index < -0.39 is 4.92 Å². The molecule has 0 radical (unpaired) electrons. The zero-order valence-corrected chi connectivity index (χ0v) is 19.7. The number of amides is 1. The first-order valence-corrected chi connectivity index (χ1v) is 11.0. The molecule has 2 aromatic carbocycles. The van der Waals surface area contributed by atoms with Gasteiger partial charge in [0.1, 0.15) is 5.03 Å². The molecule has 8 nitrogen and oxygen atoms in total. The van der Waals surface area contributed by atoms with Gasteiger partial charge in [-0.05, 0) is 61.7 Å². The lowest BCUT2D eigenvalue weighted by atomic mass is 10.1. The van der Waals surface area contributed by atoms with Gasteiger partial charge in [0.25, 0.3) is 11.6 Å². The van der Waals surface area contributed by atoms with E-state index in [9.17, 15) is 14.9 Å². The Labute approximate surface area is 196 Å².